The normalized spacial score (nSPS) is 10.9. The summed E-state index contributed by atoms with van der Waals surface area (Å²) in [7, 11) is 0. The molecule has 4 heteroatoms. The van der Waals surface area contributed by atoms with Crippen LogP contribution in [0.3, 0.4) is 0 Å². The highest BCUT2D eigenvalue weighted by Gasteiger charge is 2.06. The Balaban J connectivity index is 2.19. The minimum atomic E-state index is 0.481. The Morgan fingerprint density at radius 3 is 2.79 bits per heavy atom. The Morgan fingerprint density at radius 2 is 2.11 bits per heavy atom. The zero-order valence-corrected chi connectivity index (χ0v) is 12.4. The van der Waals surface area contributed by atoms with Gasteiger partial charge in [-0.3, -0.25) is 4.98 Å². The van der Waals surface area contributed by atoms with E-state index in [2.05, 4.69) is 54.3 Å². The SMILES string of the molecule is Cc1ccc(Sc2cnccn2)c(CNC(C)C)c1. The highest BCUT2D eigenvalue weighted by Crippen LogP contribution is 2.29. The largest absolute Gasteiger partial charge is 0.310 e. The van der Waals surface area contributed by atoms with E-state index in [9.17, 15) is 0 Å². The molecular weight excluding hydrogens is 254 g/mol. The molecule has 1 aromatic carbocycles. The summed E-state index contributed by atoms with van der Waals surface area (Å²) in [6.45, 7) is 7.31. The quantitative estimate of drug-likeness (QED) is 0.905. The van der Waals surface area contributed by atoms with E-state index in [-0.39, 0.29) is 0 Å². The van der Waals surface area contributed by atoms with Gasteiger partial charge in [-0.25, -0.2) is 4.98 Å². The Kier molecular flexibility index (Phi) is 4.93. The summed E-state index contributed by atoms with van der Waals surface area (Å²) in [5.41, 5.74) is 2.59. The maximum atomic E-state index is 4.31. The van der Waals surface area contributed by atoms with Gasteiger partial charge in [-0.05, 0) is 18.6 Å². The first kappa shape index (κ1) is 14.0. The van der Waals surface area contributed by atoms with Crippen molar-refractivity contribution in [2.45, 2.75) is 43.3 Å². The fourth-order valence-electron chi connectivity index (χ4n) is 1.71. The molecule has 19 heavy (non-hydrogen) atoms. The van der Waals surface area contributed by atoms with Crippen molar-refractivity contribution in [3.05, 3.63) is 47.9 Å². The van der Waals surface area contributed by atoms with Crippen molar-refractivity contribution < 1.29 is 0 Å². The monoisotopic (exact) mass is 273 g/mol. The summed E-state index contributed by atoms with van der Waals surface area (Å²) in [6, 6.07) is 7.01. The van der Waals surface area contributed by atoms with Crippen molar-refractivity contribution in [3.63, 3.8) is 0 Å². The average Bonchev–Trinajstić information content (AvgIpc) is 2.40. The minimum Gasteiger partial charge on any atom is -0.310 e. The molecule has 0 unspecified atom stereocenters. The van der Waals surface area contributed by atoms with Gasteiger partial charge in [0.15, 0.2) is 0 Å². The van der Waals surface area contributed by atoms with E-state index in [1.807, 2.05) is 0 Å². The van der Waals surface area contributed by atoms with Crippen molar-refractivity contribution in [2.24, 2.45) is 0 Å². The van der Waals surface area contributed by atoms with Crippen LogP contribution in [0.4, 0.5) is 0 Å². The van der Waals surface area contributed by atoms with Crippen molar-refractivity contribution in [3.8, 4) is 0 Å². The third-order valence-electron chi connectivity index (χ3n) is 2.67. The van der Waals surface area contributed by atoms with Crippen LogP contribution in [-0.2, 0) is 6.54 Å². The molecule has 0 fully saturated rings. The minimum absolute atomic E-state index is 0.481. The molecule has 0 bridgehead atoms. The number of benzene rings is 1. The van der Waals surface area contributed by atoms with E-state index >= 15 is 0 Å². The second-order valence-electron chi connectivity index (χ2n) is 4.79. The molecule has 2 rings (SSSR count). The topological polar surface area (TPSA) is 37.8 Å². The van der Waals surface area contributed by atoms with Gasteiger partial charge in [0, 0.05) is 29.9 Å². The number of nitrogens with one attached hydrogen (secondary N) is 1. The second-order valence-corrected chi connectivity index (χ2v) is 5.85. The number of aromatic nitrogens is 2. The van der Waals surface area contributed by atoms with Crippen LogP contribution in [0.5, 0.6) is 0 Å². The van der Waals surface area contributed by atoms with Gasteiger partial charge in [0.1, 0.15) is 5.03 Å². The fourth-order valence-corrected chi connectivity index (χ4v) is 2.56. The lowest BCUT2D eigenvalue weighted by molar-refractivity contribution is 0.584. The molecule has 0 saturated heterocycles. The van der Waals surface area contributed by atoms with Crippen molar-refractivity contribution in [1.29, 1.82) is 0 Å². The standard InChI is InChI=1S/C15H19N3S/c1-11(2)18-9-13-8-12(3)4-5-14(13)19-15-10-16-6-7-17-15/h4-8,10-11,18H,9H2,1-3H3. The molecule has 2 aromatic rings. The number of aryl methyl sites for hydroxylation is 1. The smallest absolute Gasteiger partial charge is 0.119 e. The van der Waals surface area contributed by atoms with Crippen LogP contribution in [-0.4, -0.2) is 16.0 Å². The molecule has 1 N–H and O–H groups in total. The van der Waals surface area contributed by atoms with Crippen molar-refractivity contribution >= 4 is 11.8 Å². The van der Waals surface area contributed by atoms with Crippen LogP contribution in [0.2, 0.25) is 0 Å². The highest BCUT2D eigenvalue weighted by atomic mass is 32.2. The van der Waals surface area contributed by atoms with Crippen LogP contribution in [0.15, 0.2) is 46.7 Å². The zero-order chi connectivity index (χ0) is 13.7. The van der Waals surface area contributed by atoms with Crippen molar-refractivity contribution in [1.82, 2.24) is 15.3 Å². The molecule has 0 aliphatic carbocycles. The Labute approximate surface area is 118 Å². The molecule has 0 aliphatic rings. The molecule has 0 atom stereocenters. The Bertz CT molecular complexity index is 526. The van der Waals surface area contributed by atoms with E-state index in [0.717, 1.165) is 11.6 Å². The van der Waals surface area contributed by atoms with Crippen LogP contribution < -0.4 is 5.32 Å². The molecule has 0 amide bonds. The maximum absolute atomic E-state index is 4.31. The van der Waals surface area contributed by atoms with Crippen LogP contribution in [0.25, 0.3) is 0 Å². The summed E-state index contributed by atoms with van der Waals surface area (Å²) >= 11 is 1.66. The molecule has 1 aromatic heterocycles. The van der Waals surface area contributed by atoms with Gasteiger partial charge in [0.05, 0.1) is 6.20 Å². The van der Waals surface area contributed by atoms with E-state index in [1.54, 1.807) is 30.4 Å². The molecule has 3 nitrogen and oxygen atoms in total. The fraction of sp³-hybridized carbons (Fsp3) is 0.333. The molecule has 0 aliphatic heterocycles. The zero-order valence-electron chi connectivity index (χ0n) is 11.6. The van der Waals surface area contributed by atoms with E-state index in [0.29, 0.717) is 6.04 Å². The van der Waals surface area contributed by atoms with E-state index in [4.69, 9.17) is 0 Å². The van der Waals surface area contributed by atoms with Gasteiger partial charge in [0.25, 0.3) is 0 Å². The first-order valence-electron chi connectivity index (χ1n) is 6.42. The molecule has 0 radical (unpaired) electrons. The van der Waals surface area contributed by atoms with E-state index in [1.165, 1.54) is 16.0 Å². The third-order valence-corrected chi connectivity index (χ3v) is 3.71. The molecule has 1 heterocycles. The Morgan fingerprint density at radius 1 is 1.26 bits per heavy atom. The van der Waals surface area contributed by atoms with Crippen molar-refractivity contribution in [2.75, 3.05) is 0 Å². The van der Waals surface area contributed by atoms with Crippen LogP contribution in [0, 0.1) is 6.92 Å². The lowest BCUT2D eigenvalue weighted by Crippen LogP contribution is -2.22. The molecule has 0 saturated carbocycles. The average molecular weight is 273 g/mol. The first-order chi connectivity index (χ1) is 9.15. The number of hydrogen-bond donors (Lipinski definition) is 1. The molecule has 0 spiro atoms. The number of nitrogens with zero attached hydrogens (tertiary/aromatic N) is 2. The van der Waals surface area contributed by atoms with Crippen LogP contribution in [0.1, 0.15) is 25.0 Å². The Hall–Kier alpha value is -1.39. The number of rotatable bonds is 5. The van der Waals surface area contributed by atoms with Gasteiger partial charge in [-0.1, -0.05) is 43.3 Å². The predicted octanol–water partition coefficient (Wildman–Crippen LogP) is 3.43. The predicted molar refractivity (Wildman–Crippen MR) is 79.3 cm³/mol. The summed E-state index contributed by atoms with van der Waals surface area (Å²) in [6.07, 6.45) is 5.22. The van der Waals surface area contributed by atoms with Gasteiger partial charge in [0.2, 0.25) is 0 Å². The van der Waals surface area contributed by atoms with Crippen LogP contribution >= 0.6 is 11.8 Å². The third kappa shape index (κ3) is 4.33. The first-order valence-corrected chi connectivity index (χ1v) is 7.23. The van der Waals surface area contributed by atoms with Gasteiger partial charge < -0.3 is 5.32 Å². The summed E-state index contributed by atoms with van der Waals surface area (Å²) in [5.74, 6) is 0. The molecular formula is C15H19N3S. The van der Waals surface area contributed by atoms with Gasteiger partial charge >= 0.3 is 0 Å². The van der Waals surface area contributed by atoms with Gasteiger partial charge in [-0.2, -0.15) is 0 Å². The lowest BCUT2D eigenvalue weighted by Gasteiger charge is -2.13. The van der Waals surface area contributed by atoms with E-state index < -0.39 is 0 Å². The summed E-state index contributed by atoms with van der Waals surface area (Å²) < 4.78 is 0. The summed E-state index contributed by atoms with van der Waals surface area (Å²) in [4.78, 5) is 9.65. The summed E-state index contributed by atoms with van der Waals surface area (Å²) in [5, 5.41) is 4.39. The highest BCUT2D eigenvalue weighted by molar-refractivity contribution is 7.99. The molecule has 100 valence electrons. The second kappa shape index (κ2) is 6.68. The number of hydrogen-bond acceptors (Lipinski definition) is 4. The maximum Gasteiger partial charge on any atom is 0.119 e. The lowest BCUT2D eigenvalue weighted by atomic mass is 10.1. The van der Waals surface area contributed by atoms with Gasteiger partial charge in [-0.15, -0.1) is 0 Å².